The quantitative estimate of drug-likeness (QED) is 0.735. The number of aromatic nitrogens is 4. The van der Waals surface area contributed by atoms with Crippen molar-refractivity contribution in [3.63, 3.8) is 0 Å². The molecular formula is C19H23F2N7O3. The Morgan fingerprint density at radius 3 is 2.58 bits per heavy atom. The number of hydrogen-bond donors (Lipinski definition) is 1. The summed E-state index contributed by atoms with van der Waals surface area (Å²) in [5, 5.41) is 14.2. The molecule has 2 saturated heterocycles. The molecule has 1 N–H and O–H groups in total. The highest BCUT2D eigenvalue weighted by molar-refractivity contribution is 5.90. The summed E-state index contributed by atoms with van der Waals surface area (Å²) < 4.78 is 35.0. The molecule has 2 aromatic rings. The normalized spacial score (nSPS) is 19.6. The summed E-state index contributed by atoms with van der Waals surface area (Å²) in [4.78, 5) is 27.9. The average Bonchev–Trinajstić information content (AvgIpc) is 3.42. The smallest absolute Gasteiger partial charge is 0.414 e. The first kappa shape index (κ1) is 20.9. The minimum absolute atomic E-state index is 0.0358. The Morgan fingerprint density at radius 2 is 1.97 bits per heavy atom. The largest absolute Gasteiger partial charge is 0.442 e. The van der Waals surface area contributed by atoms with Crippen molar-refractivity contribution < 1.29 is 23.1 Å². The van der Waals surface area contributed by atoms with Crippen LogP contribution in [0.3, 0.4) is 0 Å². The standard InChI is InChI=1S/C19H23F2N7O3/c1-2-17(29)22-9-14-10-27(19(30)31-14)13-7-15(20)18(16(21)8-13)26-5-3-12(4-6-26)28-24-11-23-25-28/h7-8,11-12,14H,2-6,9-10H2,1H3,(H,22,29). The molecule has 31 heavy (non-hydrogen) atoms. The molecule has 10 nitrogen and oxygen atoms in total. The number of rotatable bonds is 6. The van der Waals surface area contributed by atoms with E-state index in [1.165, 1.54) is 16.0 Å². The van der Waals surface area contributed by atoms with Crippen molar-refractivity contribution in [1.82, 2.24) is 25.5 Å². The fourth-order valence-corrected chi connectivity index (χ4v) is 3.86. The van der Waals surface area contributed by atoms with Crippen LogP contribution in [0.15, 0.2) is 18.5 Å². The molecule has 4 rings (SSSR count). The van der Waals surface area contributed by atoms with Gasteiger partial charge in [-0.25, -0.2) is 13.6 Å². The van der Waals surface area contributed by atoms with Gasteiger partial charge in [-0.2, -0.15) is 4.80 Å². The highest BCUT2D eigenvalue weighted by Gasteiger charge is 2.34. The van der Waals surface area contributed by atoms with Gasteiger partial charge in [0.05, 0.1) is 24.8 Å². The Balaban J connectivity index is 1.43. The molecule has 0 spiro atoms. The van der Waals surface area contributed by atoms with Gasteiger partial charge in [0, 0.05) is 31.6 Å². The molecule has 0 aliphatic carbocycles. The van der Waals surface area contributed by atoms with E-state index in [4.69, 9.17) is 4.74 Å². The lowest BCUT2D eigenvalue weighted by atomic mass is 10.0. The summed E-state index contributed by atoms with van der Waals surface area (Å²) in [6.07, 6.45) is 1.63. The fraction of sp³-hybridized carbons (Fsp3) is 0.526. The molecule has 3 heterocycles. The number of halogens is 2. The number of nitrogens with one attached hydrogen (secondary N) is 1. The summed E-state index contributed by atoms with van der Waals surface area (Å²) in [5.41, 5.74) is -0.0390. The van der Waals surface area contributed by atoms with Crippen molar-refractivity contribution >= 4 is 23.4 Å². The summed E-state index contributed by atoms with van der Waals surface area (Å²) in [5.74, 6) is -1.66. The van der Waals surface area contributed by atoms with Crippen LogP contribution in [0.4, 0.5) is 25.0 Å². The summed E-state index contributed by atoms with van der Waals surface area (Å²) in [6.45, 7) is 2.82. The zero-order valence-electron chi connectivity index (χ0n) is 17.0. The van der Waals surface area contributed by atoms with Crippen LogP contribution in [0.2, 0.25) is 0 Å². The molecule has 2 amide bonds. The zero-order chi connectivity index (χ0) is 22.0. The van der Waals surface area contributed by atoms with Crippen LogP contribution in [0.25, 0.3) is 0 Å². The highest BCUT2D eigenvalue weighted by atomic mass is 19.1. The van der Waals surface area contributed by atoms with Crippen LogP contribution >= 0.6 is 0 Å². The topological polar surface area (TPSA) is 105 Å². The minimum Gasteiger partial charge on any atom is -0.442 e. The monoisotopic (exact) mass is 435 g/mol. The lowest BCUT2D eigenvalue weighted by molar-refractivity contribution is -0.121. The van der Waals surface area contributed by atoms with Gasteiger partial charge in [-0.3, -0.25) is 9.69 Å². The molecule has 1 aromatic heterocycles. The third-order valence-corrected chi connectivity index (χ3v) is 5.51. The number of benzene rings is 1. The van der Waals surface area contributed by atoms with Gasteiger partial charge in [-0.1, -0.05) is 6.92 Å². The number of hydrogen-bond acceptors (Lipinski definition) is 7. The van der Waals surface area contributed by atoms with Gasteiger partial charge in [0.1, 0.15) is 11.8 Å². The maximum absolute atomic E-state index is 14.9. The van der Waals surface area contributed by atoms with E-state index in [1.807, 2.05) is 0 Å². The number of ether oxygens (including phenoxy) is 1. The first-order valence-electron chi connectivity index (χ1n) is 10.2. The SMILES string of the molecule is CCC(=O)NCC1CN(c2cc(F)c(N3CCC(n4ncnn4)CC3)c(F)c2)C(=O)O1. The van der Waals surface area contributed by atoms with Crippen molar-refractivity contribution in [2.75, 3.05) is 36.0 Å². The molecule has 1 aromatic carbocycles. The molecule has 0 radical (unpaired) electrons. The van der Waals surface area contributed by atoms with Gasteiger partial charge in [0.2, 0.25) is 5.91 Å². The fourth-order valence-electron chi connectivity index (χ4n) is 3.86. The van der Waals surface area contributed by atoms with E-state index in [1.54, 1.807) is 11.8 Å². The maximum atomic E-state index is 14.9. The van der Waals surface area contributed by atoms with Crippen LogP contribution in [0, 0.1) is 11.6 Å². The third kappa shape index (κ3) is 4.42. The van der Waals surface area contributed by atoms with E-state index in [-0.39, 0.29) is 36.4 Å². The van der Waals surface area contributed by atoms with Crippen LogP contribution in [-0.2, 0) is 9.53 Å². The van der Waals surface area contributed by atoms with Crippen molar-refractivity contribution in [2.24, 2.45) is 0 Å². The van der Waals surface area contributed by atoms with Crippen LogP contribution in [0.1, 0.15) is 32.2 Å². The van der Waals surface area contributed by atoms with E-state index in [2.05, 4.69) is 20.7 Å². The van der Waals surface area contributed by atoms with E-state index in [9.17, 15) is 18.4 Å². The molecule has 1 unspecified atom stereocenters. The molecule has 2 aliphatic rings. The number of tetrazole rings is 1. The van der Waals surface area contributed by atoms with E-state index < -0.39 is 23.8 Å². The van der Waals surface area contributed by atoms with Gasteiger partial charge in [0.15, 0.2) is 18.0 Å². The van der Waals surface area contributed by atoms with Gasteiger partial charge < -0.3 is 15.0 Å². The summed E-state index contributed by atoms with van der Waals surface area (Å²) in [6, 6.07) is 2.31. The predicted molar refractivity (Wildman–Crippen MR) is 106 cm³/mol. The zero-order valence-corrected chi connectivity index (χ0v) is 17.0. The van der Waals surface area contributed by atoms with Crippen molar-refractivity contribution in [2.45, 2.75) is 38.3 Å². The van der Waals surface area contributed by atoms with Gasteiger partial charge in [-0.05, 0) is 18.1 Å². The molecule has 1 atom stereocenters. The second-order valence-electron chi connectivity index (χ2n) is 7.51. The maximum Gasteiger partial charge on any atom is 0.414 e. The second-order valence-corrected chi connectivity index (χ2v) is 7.51. The predicted octanol–water partition coefficient (Wildman–Crippen LogP) is 1.64. The second kappa shape index (κ2) is 8.82. The van der Waals surface area contributed by atoms with Crippen LogP contribution in [0.5, 0.6) is 0 Å². The van der Waals surface area contributed by atoms with Gasteiger partial charge in [-0.15, -0.1) is 10.2 Å². The number of amides is 2. The number of anilines is 2. The average molecular weight is 435 g/mol. The Labute approximate surface area is 177 Å². The molecule has 12 heteroatoms. The van der Waals surface area contributed by atoms with Crippen molar-refractivity contribution in [3.05, 3.63) is 30.1 Å². The Bertz CT molecular complexity index is 925. The van der Waals surface area contributed by atoms with E-state index in [0.717, 1.165) is 12.1 Å². The van der Waals surface area contributed by atoms with Crippen LogP contribution in [-0.4, -0.2) is 64.5 Å². The minimum atomic E-state index is -0.747. The molecule has 0 saturated carbocycles. The van der Waals surface area contributed by atoms with E-state index in [0.29, 0.717) is 32.4 Å². The number of nitrogens with zero attached hydrogens (tertiary/aromatic N) is 6. The number of carbonyl (C=O) groups excluding carboxylic acids is 2. The summed E-state index contributed by atoms with van der Waals surface area (Å²) in [7, 11) is 0. The lowest BCUT2D eigenvalue weighted by Crippen LogP contribution is -2.36. The van der Waals surface area contributed by atoms with Gasteiger partial charge in [0.25, 0.3) is 0 Å². The highest BCUT2D eigenvalue weighted by Crippen LogP contribution is 2.33. The van der Waals surface area contributed by atoms with Crippen molar-refractivity contribution in [1.29, 1.82) is 0 Å². The lowest BCUT2D eigenvalue weighted by Gasteiger charge is -2.33. The third-order valence-electron chi connectivity index (χ3n) is 5.51. The Hall–Kier alpha value is -3.31. The van der Waals surface area contributed by atoms with E-state index >= 15 is 0 Å². The molecule has 166 valence electrons. The summed E-state index contributed by atoms with van der Waals surface area (Å²) >= 11 is 0. The van der Waals surface area contributed by atoms with Crippen LogP contribution < -0.4 is 15.1 Å². The number of piperidine rings is 1. The number of carbonyl (C=O) groups is 2. The molecule has 0 bridgehead atoms. The van der Waals surface area contributed by atoms with Gasteiger partial charge >= 0.3 is 6.09 Å². The Morgan fingerprint density at radius 1 is 1.26 bits per heavy atom. The molecule has 2 aliphatic heterocycles. The first-order valence-corrected chi connectivity index (χ1v) is 10.2. The molecule has 2 fully saturated rings. The Kier molecular flexibility index (Phi) is 5.96. The number of cyclic esters (lactones) is 1. The molecular weight excluding hydrogens is 412 g/mol. The first-order chi connectivity index (χ1) is 15.0. The van der Waals surface area contributed by atoms with Crippen molar-refractivity contribution in [3.8, 4) is 0 Å².